The standard InChI is InChI=1S/C38H56ClF3N5O4P/c39-31-20-16-17-21-34(31)51-52(49-29-37(28-43)26-24-35(50-37)32-22-23-33-36(44)45-30-46-47(32)33)48-27-19-15-13-11-9-7-5-3-1-2-4-6-8-10-12-14-18-25-38(40,41)42/h16-17,20-23,35,46H,1-15,18-19,24-27,29-30H2,(H2,44,45). The maximum absolute atomic E-state index is 12.2. The van der Waals surface area contributed by atoms with Crippen LogP contribution in [0.1, 0.15) is 146 Å². The molecule has 2 aromatic rings. The van der Waals surface area contributed by atoms with Crippen LogP contribution in [0.2, 0.25) is 5.02 Å². The van der Waals surface area contributed by atoms with Crippen LogP contribution in [-0.2, 0) is 13.8 Å². The summed E-state index contributed by atoms with van der Waals surface area (Å²) in [6, 6.07) is 13.4. The molecule has 0 aliphatic carbocycles. The van der Waals surface area contributed by atoms with Crippen molar-refractivity contribution < 1.29 is 31.5 Å². The number of nitrogens with one attached hydrogen (secondary N) is 1. The predicted molar refractivity (Wildman–Crippen MR) is 201 cm³/mol. The minimum atomic E-state index is -4.01. The molecule has 0 saturated carbocycles. The summed E-state index contributed by atoms with van der Waals surface area (Å²) in [7, 11) is -1.83. The Morgan fingerprint density at radius 1 is 0.904 bits per heavy atom. The number of ether oxygens (including phenoxy) is 1. The lowest BCUT2D eigenvalue weighted by Gasteiger charge is -2.25. The molecule has 0 radical (unpaired) electrons. The number of halogens is 4. The number of rotatable bonds is 26. The van der Waals surface area contributed by atoms with Crippen molar-refractivity contribution in [3.8, 4) is 11.8 Å². The Balaban J connectivity index is 1.06. The Bertz CT molecular complexity index is 1410. The van der Waals surface area contributed by atoms with Gasteiger partial charge in [-0.15, -0.1) is 0 Å². The van der Waals surface area contributed by atoms with Crippen molar-refractivity contribution in [2.45, 2.75) is 146 Å². The number of para-hydroxylation sites is 1. The molecule has 3 unspecified atom stereocenters. The number of alkyl halides is 3. The molecule has 3 N–H and O–H groups in total. The Morgan fingerprint density at radius 3 is 2.10 bits per heavy atom. The summed E-state index contributed by atoms with van der Waals surface area (Å²) in [5, 5.41) is 10.6. The lowest BCUT2D eigenvalue weighted by atomic mass is 10.0. The number of hydrogen-bond donors (Lipinski definition) is 2. The van der Waals surface area contributed by atoms with E-state index in [2.05, 4.69) is 16.5 Å². The molecular weight excluding hydrogens is 714 g/mol. The fourth-order valence-corrected chi connectivity index (χ4v) is 7.92. The summed E-state index contributed by atoms with van der Waals surface area (Å²) >= 11 is 6.37. The number of aromatic nitrogens is 1. The number of benzene rings is 1. The maximum atomic E-state index is 12.2. The second kappa shape index (κ2) is 22.6. The van der Waals surface area contributed by atoms with Gasteiger partial charge in [0.2, 0.25) is 0 Å². The second-order valence-corrected chi connectivity index (χ2v) is 15.4. The molecule has 3 atom stereocenters. The van der Waals surface area contributed by atoms with Crippen molar-refractivity contribution in [1.29, 1.82) is 5.26 Å². The Morgan fingerprint density at radius 2 is 1.50 bits per heavy atom. The first-order chi connectivity index (χ1) is 25.2. The van der Waals surface area contributed by atoms with Gasteiger partial charge in [0, 0.05) is 6.42 Å². The van der Waals surface area contributed by atoms with E-state index in [0.29, 0.717) is 49.1 Å². The zero-order chi connectivity index (χ0) is 37.1. The number of amidine groups is 1. The summed E-state index contributed by atoms with van der Waals surface area (Å²) in [4.78, 5) is 4.22. The average molecular weight is 770 g/mol. The normalized spacial score (nSPS) is 19.1. The molecule has 2 aliphatic rings. The van der Waals surface area contributed by atoms with Gasteiger partial charge in [0.1, 0.15) is 36.1 Å². The lowest BCUT2D eigenvalue weighted by Crippen LogP contribution is -2.34. The predicted octanol–water partition coefficient (Wildman–Crippen LogP) is 11.4. The quantitative estimate of drug-likeness (QED) is 0.0723. The van der Waals surface area contributed by atoms with Gasteiger partial charge in [0.25, 0.3) is 0 Å². The highest BCUT2D eigenvalue weighted by Crippen LogP contribution is 2.47. The fourth-order valence-electron chi connectivity index (χ4n) is 6.60. The van der Waals surface area contributed by atoms with E-state index in [0.717, 1.165) is 49.9 Å². The van der Waals surface area contributed by atoms with Crippen LogP contribution in [0.15, 0.2) is 41.4 Å². The SMILES string of the molecule is N#CC1(COP(OCCCCCCCCCCCCCCCCCCCC(F)(F)F)Oc2ccccc2Cl)CCC(c2ccc3n2NCN=C3N)O1. The van der Waals surface area contributed by atoms with Gasteiger partial charge in [-0.05, 0) is 49.9 Å². The highest BCUT2D eigenvalue weighted by Gasteiger charge is 2.44. The van der Waals surface area contributed by atoms with Crippen molar-refractivity contribution in [2.75, 3.05) is 25.3 Å². The molecule has 1 saturated heterocycles. The Kier molecular flexibility index (Phi) is 18.4. The van der Waals surface area contributed by atoms with Gasteiger partial charge >= 0.3 is 14.8 Å². The van der Waals surface area contributed by atoms with Crippen molar-refractivity contribution >= 4 is 26.0 Å². The molecule has 2 aliphatic heterocycles. The molecule has 1 aromatic heterocycles. The molecule has 4 rings (SSSR count). The van der Waals surface area contributed by atoms with Crippen LogP contribution in [0.3, 0.4) is 0 Å². The monoisotopic (exact) mass is 769 g/mol. The second-order valence-electron chi connectivity index (χ2n) is 13.8. The summed E-state index contributed by atoms with van der Waals surface area (Å²) < 4.78 is 63.0. The van der Waals surface area contributed by atoms with Crippen molar-refractivity contribution in [3.05, 3.63) is 52.8 Å². The van der Waals surface area contributed by atoms with Gasteiger partial charge in [0.15, 0.2) is 5.60 Å². The van der Waals surface area contributed by atoms with Crippen molar-refractivity contribution in [1.82, 2.24) is 4.68 Å². The highest BCUT2D eigenvalue weighted by molar-refractivity contribution is 7.42. The minimum Gasteiger partial charge on any atom is -0.425 e. The molecule has 1 aromatic carbocycles. The van der Waals surface area contributed by atoms with E-state index in [1.807, 2.05) is 28.9 Å². The van der Waals surface area contributed by atoms with Gasteiger partial charge in [-0.1, -0.05) is 120 Å². The van der Waals surface area contributed by atoms with Crippen LogP contribution < -0.4 is 15.7 Å². The number of unbranched alkanes of at least 4 members (excludes halogenated alkanes) is 16. The molecule has 52 heavy (non-hydrogen) atoms. The number of nitriles is 1. The summed E-state index contributed by atoms with van der Waals surface area (Å²) in [5.41, 5.74) is 9.76. The zero-order valence-electron chi connectivity index (χ0n) is 30.3. The van der Waals surface area contributed by atoms with E-state index in [1.54, 1.807) is 12.1 Å². The van der Waals surface area contributed by atoms with Crippen LogP contribution in [0.25, 0.3) is 0 Å². The molecule has 0 spiro atoms. The lowest BCUT2D eigenvalue weighted by molar-refractivity contribution is -0.135. The molecule has 1 fully saturated rings. The number of nitrogens with two attached hydrogens (primary N) is 1. The van der Waals surface area contributed by atoms with E-state index in [1.165, 1.54) is 57.8 Å². The first-order valence-corrected chi connectivity index (χ1v) is 20.6. The fraction of sp³-hybridized carbons (Fsp3) is 0.684. The van der Waals surface area contributed by atoms with E-state index in [4.69, 9.17) is 35.6 Å². The van der Waals surface area contributed by atoms with Crippen LogP contribution in [0, 0.1) is 11.3 Å². The minimum absolute atomic E-state index is 0.00225. The van der Waals surface area contributed by atoms with E-state index in [9.17, 15) is 18.4 Å². The molecule has 0 bridgehead atoms. The smallest absolute Gasteiger partial charge is 0.397 e. The zero-order valence-corrected chi connectivity index (χ0v) is 32.0. The molecule has 290 valence electrons. The number of fused-ring (bicyclic) bond motifs is 1. The van der Waals surface area contributed by atoms with Crippen LogP contribution >= 0.6 is 20.2 Å². The first-order valence-electron chi connectivity index (χ1n) is 19.1. The third-order valence-corrected chi connectivity index (χ3v) is 11.0. The van der Waals surface area contributed by atoms with Crippen LogP contribution in [-0.4, -0.2) is 42.2 Å². The third-order valence-electron chi connectivity index (χ3n) is 9.58. The summed E-state index contributed by atoms with van der Waals surface area (Å²) in [5.74, 6) is 0.927. The summed E-state index contributed by atoms with van der Waals surface area (Å²) in [6.07, 6.45) is 14.5. The van der Waals surface area contributed by atoms with Crippen molar-refractivity contribution in [2.24, 2.45) is 10.7 Å². The maximum Gasteiger partial charge on any atom is 0.397 e. The number of hydrogen-bond acceptors (Lipinski definition) is 8. The van der Waals surface area contributed by atoms with Crippen LogP contribution in [0.4, 0.5) is 13.2 Å². The average Bonchev–Trinajstić information content (AvgIpc) is 3.76. The van der Waals surface area contributed by atoms with Gasteiger partial charge in [-0.3, -0.25) is 9.20 Å². The number of nitrogens with zero attached hydrogens (tertiary/aromatic N) is 3. The molecular formula is C38H56ClF3N5O4P. The van der Waals surface area contributed by atoms with Gasteiger partial charge in [-0.2, -0.15) is 18.4 Å². The van der Waals surface area contributed by atoms with E-state index >= 15 is 0 Å². The first kappa shape index (κ1) is 42.2. The Labute approximate surface area is 313 Å². The molecule has 9 nitrogen and oxygen atoms in total. The van der Waals surface area contributed by atoms with Gasteiger partial charge in [0.05, 0.1) is 23.9 Å². The summed E-state index contributed by atoms with van der Waals surface area (Å²) in [6.45, 7) is 0.843. The van der Waals surface area contributed by atoms with E-state index in [-0.39, 0.29) is 19.1 Å². The Hall–Kier alpha value is -2.55. The van der Waals surface area contributed by atoms with Crippen LogP contribution in [0.5, 0.6) is 5.75 Å². The number of aliphatic imine (C=N–C) groups is 1. The van der Waals surface area contributed by atoms with E-state index < -0.39 is 26.8 Å². The van der Waals surface area contributed by atoms with Gasteiger partial charge < -0.3 is 24.9 Å². The largest absolute Gasteiger partial charge is 0.425 e. The highest BCUT2D eigenvalue weighted by atomic mass is 35.5. The molecule has 3 heterocycles. The topological polar surface area (TPSA) is 116 Å². The molecule has 14 heteroatoms. The molecule has 0 amide bonds. The van der Waals surface area contributed by atoms with Crippen molar-refractivity contribution in [3.63, 3.8) is 0 Å². The third kappa shape index (κ3) is 14.7. The van der Waals surface area contributed by atoms with Gasteiger partial charge in [-0.25, -0.2) is 4.99 Å².